The van der Waals surface area contributed by atoms with E-state index in [2.05, 4.69) is 15.0 Å². The van der Waals surface area contributed by atoms with E-state index < -0.39 is 5.97 Å². The molecule has 0 bridgehead atoms. The standard InChI is InChI=1S/C21H18Cl2N6O2/c22-15-4-3-14-17(27-9-7-24-12-27)10-18(26-20(14)19(15)23)28-8-1-2-13(28)11-29-16(21(30)31)5-6-25-29/h3-7,9-10,12-13H,1-2,8,11H2,(H,30,31)/t13-/m0/s1. The summed E-state index contributed by atoms with van der Waals surface area (Å²) in [7, 11) is 0. The van der Waals surface area contributed by atoms with Crippen molar-refractivity contribution in [1.82, 2.24) is 24.3 Å². The van der Waals surface area contributed by atoms with Gasteiger partial charge in [0.1, 0.15) is 11.5 Å². The quantitative estimate of drug-likeness (QED) is 0.481. The minimum Gasteiger partial charge on any atom is -0.477 e. The van der Waals surface area contributed by atoms with Crippen LogP contribution in [0.5, 0.6) is 0 Å². The first kappa shape index (κ1) is 19.8. The summed E-state index contributed by atoms with van der Waals surface area (Å²) < 4.78 is 3.45. The first-order valence-corrected chi connectivity index (χ1v) is 10.6. The number of pyridine rings is 1. The zero-order valence-corrected chi connectivity index (χ0v) is 17.8. The number of aromatic nitrogens is 5. The van der Waals surface area contributed by atoms with E-state index in [9.17, 15) is 9.90 Å². The van der Waals surface area contributed by atoms with Crippen LogP contribution in [0.2, 0.25) is 10.0 Å². The Balaban J connectivity index is 1.59. The molecule has 0 aliphatic carbocycles. The zero-order chi connectivity index (χ0) is 21.5. The summed E-state index contributed by atoms with van der Waals surface area (Å²) in [5, 5.41) is 15.3. The molecule has 31 heavy (non-hydrogen) atoms. The summed E-state index contributed by atoms with van der Waals surface area (Å²) in [5.41, 5.74) is 1.69. The Hall–Kier alpha value is -3.10. The van der Waals surface area contributed by atoms with E-state index in [-0.39, 0.29) is 11.7 Å². The maximum atomic E-state index is 11.5. The third-order valence-electron chi connectivity index (χ3n) is 5.61. The van der Waals surface area contributed by atoms with Gasteiger partial charge in [-0.2, -0.15) is 5.10 Å². The molecule has 1 saturated heterocycles. The third kappa shape index (κ3) is 3.51. The van der Waals surface area contributed by atoms with Gasteiger partial charge in [-0.1, -0.05) is 23.2 Å². The van der Waals surface area contributed by atoms with Gasteiger partial charge in [-0.05, 0) is 31.0 Å². The van der Waals surface area contributed by atoms with Gasteiger partial charge in [-0.3, -0.25) is 4.68 Å². The number of nitrogens with zero attached hydrogens (tertiary/aromatic N) is 6. The zero-order valence-electron chi connectivity index (χ0n) is 16.3. The molecule has 1 atom stereocenters. The topological polar surface area (TPSA) is 89.1 Å². The molecule has 5 rings (SSSR count). The van der Waals surface area contributed by atoms with Crippen molar-refractivity contribution in [3.05, 3.63) is 64.9 Å². The van der Waals surface area contributed by atoms with Gasteiger partial charge in [0.25, 0.3) is 0 Å². The minimum absolute atomic E-state index is 0.0524. The predicted octanol–water partition coefficient (Wildman–Crippen LogP) is 4.29. The normalized spacial score (nSPS) is 16.3. The molecule has 0 unspecified atom stereocenters. The molecule has 8 nitrogen and oxygen atoms in total. The lowest BCUT2D eigenvalue weighted by Crippen LogP contribution is -2.34. The highest BCUT2D eigenvalue weighted by Crippen LogP contribution is 2.36. The van der Waals surface area contributed by atoms with Gasteiger partial charge in [0.15, 0.2) is 0 Å². The molecule has 0 radical (unpaired) electrons. The summed E-state index contributed by atoms with van der Waals surface area (Å²) in [6, 6.07) is 7.23. The van der Waals surface area contributed by atoms with Crippen LogP contribution in [0.3, 0.4) is 0 Å². The van der Waals surface area contributed by atoms with E-state index in [1.165, 1.54) is 16.9 Å². The van der Waals surface area contributed by atoms with E-state index in [0.29, 0.717) is 22.1 Å². The van der Waals surface area contributed by atoms with Crippen LogP contribution in [0.1, 0.15) is 23.3 Å². The Kier molecular flexibility index (Phi) is 5.03. The number of benzene rings is 1. The van der Waals surface area contributed by atoms with E-state index in [1.807, 2.05) is 22.9 Å². The van der Waals surface area contributed by atoms with Gasteiger partial charge in [-0.25, -0.2) is 14.8 Å². The number of carboxylic acids is 1. The molecule has 1 aromatic carbocycles. The molecular formula is C21H18Cl2N6O2. The second-order valence-electron chi connectivity index (χ2n) is 7.42. The number of fused-ring (bicyclic) bond motifs is 1. The van der Waals surface area contributed by atoms with Crippen LogP contribution in [0, 0.1) is 0 Å². The summed E-state index contributed by atoms with van der Waals surface area (Å²) in [6.45, 7) is 1.26. The molecule has 10 heteroatoms. The van der Waals surface area contributed by atoms with E-state index >= 15 is 0 Å². The van der Waals surface area contributed by atoms with E-state index in [1.54, 1.807) is 18.6 Å². The van der Waals surface area contributed by atoms with Crippen LogP contribution in [-0.2, 0) is 6.54 Å². The number of rotatable bonds is 5. The number of carbonyl (C=O) groups is 1. The van der Waals surface area contributed by atoms with Crippen molar-refractivity contribution in [3.63, 3.8) is 0 Å². The first-order valence-electron chi connectivity index (χ1n) is 9.82. The number of imidazole rings is 1. The summed E-state index contributed by atoms with van der Waals surface area (Å²) in [6.07, 6.45) is 8.69. The van der Waals surface area contributed by atoms with Crippen molar-refractivity contribution < 1.29 is 9.90 Å². The first-order chi connectivity index (χ1) is 15.0. The second-order valence-corrected chi connectivity index (χ2v) is 8.21. The maximum absolute atomic E-state index is 11.5. The predicted molar refractivity (Wildman–Crippen MR) is 118 cm³/mol. The highest BCUT2D eigenvalue weighted by molar-refractivity contribution is 6.45. The smallest absolute Gasteiger partial charge is 0.354 e. The molecular weight excluding hydrogens is 439 g/mol. The number of hydrogen-bond donors (Lipinski definition) is 1. The van der Waals surface area contributed by atoms with Gasteiger partial charge < -0.3 is 14.6 Å². The largest absolute Gasteiger partial charge is 0.477 e. The van der Waals surface area contributed by atoms with Gasteiger partial charge in [0.2, 0.25) is 0 Å². The number of anilines is 1. The van der Waals surface area contributed by atoms with Crippen LogP contribution < -0.4 is 4.90 Å². The van der Waals surface area contributed by atoms with Crippen molar-refractivity contribution in [2.75, 3.05) is 11.4 Å². The molecule has 0 spiro atoms. The molecule has 1 aliphatic heterocycles. The number of aromatic carboxylic acids is 1. The van der Waals surface area contributed by atoms with E-state index in [4.69, 9.17) is 28.2 Å². The molecule has 4 heterocycles. The average Bonchev–Trinajstić information content (AvgIpc) is 3.52. The van der Waals surface area contributed by atoms with Crippen molar-refractivity contribution >= 4 is 45.9 Å². The Morgan fingerprint density at radius 3 is 2.87 bits per heavy atom. The summed E-state index contributed by atoms with van der Waals surface area (Å²) in [4.78, 5) is 22.7. The molecule has 1 N–H and O–H groups in total. The molecule has 4 aromatic rings. The lowest BCUT2D eigenvalue weighted by Gasteiger charge is -2.27. The van der Waals surface area contributed by atoms with Crippen molar-refractivity contribution in [2.45, 2.75) is 25.4 Å². The fourth-order valence-corrected chi connectivity index (χ4v) is 4.51. The highest BCUT2D eigenvalue weighted by atomic mass is 35.5. The molecule has 3 aromatic heterocycles. The van der Waals surface area contributed by atoms with Crippen LogP contribution in [-0.4, -0.2) is 48.0 Å². The Bertz CT molecular complexity index is 1270. The monoisotopic (exact) mass is 456 g/mol. The molecule has 0 saturated carbocycles. The average molecular weight is 457 g/mol. The summed E-state index contributed by atoms with van der Waals surface area (Å²) >= 11 is 12.8. The molecule has 1 fully saturated rings. The third-order valence-corrected chi connectivity index (χ3v) is 6.40. The van der Waals surface area contributed by atoms with Crippen LogP contribution >= 0.6 is 23.2 Å². The van der Waals surface area contributed by atoms with Crippen LogP contribution in [0.25, 0.3) is 16.6 Å². The Morgan fingerprint density at radius 1 is 1.23 bits per heavy atom. The molecule has 0 amide bonds. The van der Waals surface area contributed by atoms with Crippen molar-refractivity contribution in [2.24, 2.45) is 0 Å². The summed E-state index contributed by atoms with van der Waals surface area (Å²) in [5.74, 6) is -0.235. The number of carboxylic acid groups (broad SMARTS) is 1. The second kappa shape index (κ2) is 7.86. The minimum atomic E-state index is -0.991. The van der Waals surface area contributed by atoms with E-state index in [0.717, 1.165) is 36.3 Å². The lowest BCUT2D eigenvalue weighted by molar-refractivity contribution is 0.0682. The Morgan fingerprint density at radius 2 is 2.10 bits per heavy atom. The number of halogens is 2. The SMILES string of the molecule is O=C(O)c1ccnn1C[C@@H]1CCCN1c1cc(-n2ccnc2)c2ccc(Cl)c(Cl)c2n1. The van der Waals surface area contributed by atoms with Gasteiger partial charge >= 0.3 is 5.97 Å². The number of hydrogen-bond acceptors (Lipinski definition) is 5. The maximum Gasteiger partial charge on any atom is 0.354 e. The fraction of sp³-hybridized carbons (Fsp3) is 0.238. The molecule has 158 valence electrons. The molecule has 1 aliphatic rings. The van der Waals surface area contributed by atoms with Crippen molar-refractivity contribution in [3.8, 4) is 5.69 Å². The van der Waals surface area contributed by atoms with Gasteiger partial charge in [-0.15, -0.1) is 0 Å². The van der Waals surface area contributed by atoms with Crippen LogP contribution in [0.4, 0.5) is 5.82 Å². The van der Waals surface area contributed by atoms with Gasteiger partial charge in [0, 0.05) is 36.6 Å². The fourth-order valence-electron chi connectivity index (χ4n) is 4.15. The lowest BCUT2D eigenvalue weighted by atomic mass is 10.1. The van der Waals surface area contributed by atoms with Gasteiger partial charge in [0.05, 0.1) is 40.2 Å². The Labute approximate surface area is 187 Å². The van der Waals surface area contributed by atoms with Crippen molar-refractivity contribution in [1.29, 1.82) is 0 Å². The highest BCUT2D eigenvalue weighted by Gasteiger charge is 2.28. The van der Waals surface area contributed by atoms with Crippen LogP contribution in [0.15, 0.2) is 49.2 Å².